The number of carbonyl (C=O) groups excluding carboxylic acids is 1. The van der Waals surface area contributed by atoms with Crippen molar-refractivity contribution in [3.8, 4) is 0 Å². The third-order valence-electron chi connectivity index (χ3n) is 2.29. The molecule has 0 atom stereocenters. The molecule has 1 nitrogen and oxygen atoms in total. The molecule has 0 saturated heterocycles. The van der Waals surface area contributed by atoms with E-state index < -0.39 is 0 Å². The first-order valence-electron chi connectivity index (χ1n) is 4.92. The summed E-state index contributed by atoms with van der Waals surface area (Å²) in [6.45, 7) is 13.5. The molecule has 0 aromatic carbocycles. The average molecular weight is 192 g/mol. The van der Waals surface area contributed by atoms with Gasteiger partial charge in [-0.25, -0.2) is 0 Å². The molecule has 0 rings (SSSR count). The highest BCUT2D eigenvalue weighted by Crippen LogP contribution is 2.17. The summed E-state index contributed by atoms with van der Waals surface area (Å²) in [7, 11) is 0. The van der Waals surface area contributed by atoms with E-state index in [1.165, 1.54) is 5.57 Å². The van der Waals surface area contributed by atoms with Gasteiger partial charge in [-0.1, -0.05) is 32.6 Å². The third-order valence-corrected chi connectivity index (χ3v) is 2.29. The van der Waals surface area contributed by atoms with Gasteiger partial charge in [0, 0.05) is 0 Å². The number of hydrogen-bond acceptors (Lipinski definition) is 1. The summed E-state index contributed by atoms with van der Waals surface area (Å²) >= 11 is 0. The van der Waals surface area contributed by atoms with Crippen LogP contribution in [0.5, 0.6) is 0 Å². The number of Topliss-reactive ketones (excluding diaryl/α,β-unsaturated/α-hetero) is 1. The first kappa shape index (κ1) is 12.9. The predicted molar refractivity (Wildman–Crippen MR) is 62.2 cm³/mol. The molecule has 1 heteroatoms. The van der Waals surface area contributed by atoms with E-state index in [9.17, 15) is 4.79 Å². The first-order chi connectivity index (χ1) is 6.40. The fraction of sp³-hybridized carbons (Fsp3) is 0.462. The highest BCUT2D eigenvalue weighted by molar-refractivity contribution is 5.93. The largest absolute Gasteiger partial charge is 0.295 e. The van der Waals surface area contributed by atoms with Gasteiger partial charge in [0.2, 0.25) is 0 Å². The van der Waals surface area contributed by atoms with Crippen LogP contribution >= 0.6 is 0 Å². The second-order valence-electron chi connectivity index (χ2n) is 3.88. The van der Waals surface area contributed by atoms with Crippen molar-refractivity contribution < 1.29 is 4.79 Å². The van der Waals surface area contributed by atoms with Gasteiger partial charge in [0.25, 0.3) is 0 Å². The van der Waals surface area contributed by atoms with Crippen molar-refractivity contribution >= 4 is 5.78 Å². The molecule has 78 valence electrons. The number of ketones is 1. The van der Waals surface area contributed by atoms with E-state index >= 15 is 0 Å². The van der Waals surface area contributed by atoms with Crippen molar-refractivity contribution in [1.82, 2.24) is 0 Å². The summed E-state index contributed by atoms with van der Waals surface area (Å²) in [5.74, 6) is 0.569. The van der Waals surface area contributed by atoms with Crippen LogP contribution in [0.15, 0.2) is 35.5 Å². The van der Waals surface area contributed by atoms with Gasteiger partial charge in [-0.05, 0) is 43.4 Å². The molecule has 0 fully saturated rings. The molecular formula is C13H20O. The second kappa shape index (κ2) is 5.58. The Morgan fingerprint density at radius 2 is 1.71 bits per heavy atom. The van der Waals surface area contributed by atoms with E-state index in [0.29, 0.717) is 5.92 Å². The number of rotatable bonds is 4. The summed E-state index contributed by atoms with van der Waals surface area (Å²) < 4.78 is 0. The standard InChI is InChI=1S/C13H20O/c1-7-13(9(2)3)11(5)8-10(4)12(6)14/h7-9H,1H2,2-6H3/b10-8+,13-11+. The molecule has 0 N–H and O–H groups in total. The molecule has 0 aliphatic carbocycles. The molecule has 0 saturated carbocycles. The maximum Gasteiger partial charge on any atom is 0.155 e. The molecule has 0 aromatic rings. The normalized spacial score (nSPS) is 14.0. The van der Waals surface area contributed by atoms with E-state index in [1.807, 2.05) is 26.0 Å². The van der Waals surface area contributed by atoms with Gasteiger partial charge >= 0.3 is 0 Å². The number of carbonyl (C=O) groups is 1. The van der Waals surface area contributed by atoms with Crippen molar-refractivity contribution in [3.63, 3.8) is 0 Å². The van der Waals surface area contributed by atoms with Crippen LogP contribution < -0.4 is 0 Å². The molecule has 0 unspecified atom stereocenters. The lowest BCUT2D eigenvalue weighted by Crippen LogP contribution is -1.96. The van der Waals surface area contributed by atoms with E-state index in [1.54, 1.807) is 6.92 Å². The summed E-state index contributed by atoms with van der Waals surface area (Å²) in [5, 5.41) is 0. The minimum atomic E-state index is 0.122. The van der Waals surface area contributed by atoms with Crippen molar-refractivity contribution in [3.05, 3.63) is 35.5 Å². The number of hydrogen-bond donors (Lipinski definition) is 0. The Hall–Kier alpha value is -1.11. The molecular weight excluding hydrogens is 172 g/mol. The van der Waals surface area contributed by atoms with Gasteiger partial charge in [-0.2, -0.15) is 0 Å². The maximum absolute atomic E-state index is 11.0. The van der Waals surface area contributed by atoms with Gasteiger partial charge < -0.3 is 0 Å². The zero-order chi connectivity index (χ0) is 11.3. The average Bonchev–Trinajstić information content (AvgIpc) is 2.04. The molecule has 0 amide bonds. The zero-order valence-electron chi connectivity index (χ0n) is 9.85. The summed E-state index contributed by atoms with van der Waals surface area (Å²) in [4.78, 5) is 11.0. The summed E-state index contributed by atoms with van der Waals surface area (Å²) in [6, 6.07) is 0. The quantitative estimate of drug-likeness (QED) is 0.490. The van der Waals surface area contributed by atoms with Crippen LogP contribution in [0.3, 0.4) is 0 Å². The Morgan fingerprint density at radius 1 is 1.21 bits per heavy atom. The highest BCUT2D eigenvalue weighted by atomic mass is 16.1. The molecule has 0 bridgehead atoms. The van der Waals surface area contributed by atoms with Crippen LogP contribution in [0.4, 0.5) is 0 Å². The second-order valence-corrected chi connectivity index (χ2v) is 3.88. The number of allylic oxidation sites excluding steroid dienone is 5. The molecule has 0 radical (unpaired) electrons. The van der Waals surface area contributed by atoms with Gasteiger partial charge in [0.15, 0.2) is 5.78 Å². The Bertz CT molecular complexity index is 290. The first-order valence-corrected chi connectivity index (χ1v) is 4.92. The van der Waals surface area contributed by atoms with Crippen LogP contribution in [0.2, 0.25) is 0 Å². The molecule has 14 heavy (non-hydrogen) atoms. The zero-order valence-corrected chi connectivity index (χ0v) is 9.85. The molecule has 0 spiro atoms. The van der Waals surface area contributed by atoms with Gasteiger partial charge in [0.05, 0.1) is 0 Å². The molecule has 0 heterocycles. The fourth-order valence-electron chi connectivity index (χ4n) is 1.36. The SMILES string of the molecule is C=C/C(=C(C)\C=C(/C)C(C)=O)C(C)C. The predicted octanol–water partition coefficient (Wildman–Crippen LogP) is 3.68. The highest BCUT2D eigenvalue weighted by Gasteiger charge is 2.03. The van der Waals surface area contributed by atoms with Gasteiger partial charge in [-0.3, -0.25) is 4.79 Å². The molecule has 0 aliphatic heterocycles. The van der Waals surface area contributed by atoms with E-state index in [2.05, 4.69) is 20.4 Å². The van der Waals surface area contributed by atoms with E-state index in [0.717, 1.165) is 11.1 Å². The van der Waals surface area contributed by atoms with Gasteiger partial charge in [0.1, 0.15) is 0 Å². The lowest BCUT2D eigenvalue weighted by molar-refractivity contribution is -0.113. The Labute approximate surface area is 87.2 Å². The maximum atomic E-state index is 11.0. The molecule has 0 aliphatic rings. The van der Waals surface area contributed by atoms with Crippen LogP contribution in [-0.4, -0.2) is 5.78 Å². The van der Waals surface area contributed by atoms with E-state index in [4.69, 9.17) is 0 Å². The van der Waals surface area contributed by atoms with E-state index in [-0.39, 0.29) is 5.78 Å². The lowest BCUT2D eigenvalue weighted by atomic mass is 9.96. The monoisotopic (exact) mass is 192 g/mol. The van der Waals surface area contributed by atoms with Crippen molar-refractivity contribution in [2.75, 3.05) is 0 Å². The lowest BCUT2D eigenvalue weighted by Gasteiger charge is -2.09. The van der Waals surface area contributed by atoms with Gasteiger partial charge in [-0.15, -0.1) is 0 Å². The van der Waals surface area contributed by atoms with Crippen LogP contribution in [0.25, 0.3) is 0 Å². The molecule has 0 aromatic heterocycles. The van der Waals surface area contributed by atoms with Crippen LogP contribution in [-0.2, 0) is 4.79 Å². The Kier molecular flexibility index (Phi) is 5.14. The topological polar surface area (TPSA) is 17.1 Å². The Balaban J connectivity index is 5.08. The van der Waals surface area contributed by atoms with Crippen LogP contribution in [0, 0.1) is 5.92 Å². The van der Waals surface area contributed by atoms with Crippen molar-refractivity contribution in [2.24, 2.45) is 5.92 Å². The minimum Gasteiger partial charge on any atom is -0.295 e. The van der Waals surface area contributed by atoms with Crippen LogP contribution in [0.1, 0.15) is 34.6 Å². The summed E-state index contributed by atoms with van der Waals surface area (Å²) in [6.07, 6.45) is 3.79. The minimum absolute atomic E-state index is 0.122. The van der Waals surface area contributed by atoms with Crippen molar-refractivity contribution in [1.29, 1.82) is 0 Å². The summed E-state index contributed by atoms with van der Waals surface area (Å²) in [5.41, 5.74) is 3.12. The Morgan fingerprint density at radius 3 is 2.00 bits per heavy atom. The third kappa shape index (κ3) is 3.73. The van der Waals surface area contributed by atoms with Crippen molar-refractivity contribution in [2.45, 2.75) is 34.6 Å². The smallest absolute Gasteiger partial charge is 0.155 e. The fourth-order valence-corrected chi connectivity index (χ4v) is 1.36.